The molecule has 0 atom stereocenters. The number of nitrogens with zero attached hydrogens (tertiary/aromatic N) is 2. The van der Waals surface area contributed by atoms with Crippen LogP contribution >= 0.6 is 23.2 Å². The lowest BCUT2D eigenvalue weighted by atomic mass is 10.1. The number of hydrogen-bond acceptors (Lipinski definition) is 2. The number of hydrogen-bond donors (Lipinski definition) is 0. The van der Waals surface area contributed by atoms with Gasteiger partial charge in [0.2, 0.25) is 0 Å². The fraction of sp³-hybridized carbons (Fsp3) is 0.333. The third-order valence-electron chi connectivity index (χ3n) is 4.32. The molecule has 24 heavy (non-hydrogen) atoms. The lowest BCUT2D eigenvalue weighted by molar-refractivity contribution is 0.121. The Kier molecular flexibility index (Phi) is 5.72. The Bertz CT molecular complexity index is 696. The molecule has 0 radical (unpaired) electrons. The van der Waals surface area contributed by atoms with Crippen molar-refractivity contribution in [1.29, 1.82) is 0 Å². The molecule has 0 spiro atoms. The molecule has 6 heteroatoms. The number of benzene rings is 2. The van der Waals surface area contributed by atoms with E-state index in [0.29, 0.717) is 28.7 Å². The van der Waals surface area contributed by atoms with Crippen molar-refractivity contribution in [2.75, 3.05) is 26.2 Å². The van der Waals surface area contributed by atoms with E-state index in [0.717, 1.165) is 31.7 Å². The average Bonchev–Trinajstić information content (AvgIpc) is 2.55. The number of halogens is 4. The van der Waals surface area contributed by atoms with Gasteiger partial charge < -0.3 is 0 Å². The SMILES string of the molecule is Fc1ccc(CN2CCN(Cc3c(F)cccc3Cl)CC2)c(Cl)c1. The maximum atomic E-state index is 13.9. The van der Waals surface area contributed by atoms with Crippen LogP contribution in [0.15, 0.2) is 36.4 Å². The van der Waals surface area contributed by atoms with E-state index in [9.17, 15) is 8.78 Å². The van der Waals surface area contributed by atoms with Crippen molar-refractivity contribution >= 4 is 23.2 Å². The molecular weight excluding hydrogens is 353 g/mol. The first kappa shape index (κ1) is 17.6. The van der Waals surface area contributed by atoms with Gasteiger partial charge in [-0.15, -0.1) is 0 Å². The van der Waals surface area contributed by atoms with Crippen LogP contribution in [-0.2, 0) is 13.1 Å². The first-order chi connectivity index (χ1) is 11.5. The van der Waals surface area contributed by atoms with Gasteiger partial charge in [0.15, 0.2) is 0 Å². The largest absolute Gasteiger partial charge is 0.296 e. The summed E-state index contributed by atoms with van der Waals surface area (Å²) in [6.45, 7) is 4.54. The summed E-state index contributed by atoms with van der Waals surface area (Å²) in [6.07, 6.45) is 0. The molecule has 0 aromatic heterocycles. The first-order valence-electron chi connectivity index (χ1n) is 7.84. The quantitative estimate of drug-likeness (QED) is 0.776. The Balaban J connectivity index is 1.56. The van der Waals surface area contributed by atoms with E-state index in [2.05, 4.69) is 9.80 Å². The van der Waals surface area contributed by atoms with Crippen LogP contribution in [-0.4, -0.2) is 36.0 Å². The monoisotopic (exact) mass is 370 g/mol. The van der Waals surface area contributed by atoms with E-state index in [1.165, 1.54) is 18.2 Å². The van der Waals surface area contributed by atoms with Crippen molar-refractivity contribution in [3.8, 4) is 0 Å². The van der Waals surface area contributed by atoms with Gasteiger partial charge in [0.05, 0.1) is 0 Å². The molecule has 0 N–H and O–H groups in total. The molecule has 3 rings (SSSR count). The highest BCUT2D eigenvalue weighted by atomic mass is 35.5. The first-order valence-corrected chi connectivity index (χ1v) is 8.60. The molecule has 1 fully saturated rings. The Hall–Kier alpha value is -1.20. The van der Waals surface area contributed by atoms with Gasteiger partial charge in [-0.1, -0.05) is 35.3 Å². The zero-order chi connectivity index (χ0) is 17.1. The highest BCUT2D eigenvalue weighted by Gasteiger charge is 2.20. The van der Waals surface area contributed by atoms with Gasteiger partial charge in [-0.3, -0.25) is 9.80 Å². The van der Waals surface area contributed by atoms with E-state index >= 15 is 0 Å². The maximum absolute atomic E-state index is 13.9. The number of rotatable bonds is 4. The standard InChI is InChI=1S/C18H18Cl2F2N2/c19-16-2-1-3-18(22)15(16)12-24-8-6-23(7-9-24)11-13-4-5-14(21)10-17(13)20/h1-5,10H,6-9,11-12H2. The van der Waals surface area contributed by atoms with Gasteiger partial charge in [0.1, 0.15) is 11.6 Å². The number of piperazine rings is 1. The smallest absolute Gasteiger partial charge is 0.129 e. The zero-order valence-corrected chi connectivity index (χ0v) is 14.6. The Morgan fingerprint density at radius 3 is 2.12 bits per heavy atom. The molecule has 0 saturated carbocycles. The summed E-state index contributed by atoms with van der Waals surface area (Å²) in [7, 11) is 0. The Morgan fingerprint density at radius 2 is 1.50 bits per heavy atom. The van der Waals surface area contributed by atoms with Gasteiger partial charge in [-0.2, -0.15) is 0 Å². The molecule has 0 aliphatic carbocycles. The molecule has 1 aliphatic rings. The van der Waals surface area contributed by atoms with Crippen LogP contribution < -0.4 is 0 Å². The third kappa shape index (κ3) is 4.25. The summed E-state index contributed by atoms with van der Waals surface area (Å²) in [5.74, 6) is -0.585. The van der Waals surface area contributed by atoms with Gasteiger partial charge in [0, 0.05) is 54.9 Å². The molecule has 2 aromatic rings. The molecule has 1 saturated heterocycles. The van der Waals surface area contributed by atoms with Crippen LogP contribution in [0.1, 0.15) is 11.1 Å². The van der Waals surface area contributed by atoms with E-state index < -0.39 is 0 Å². The van der Waals surface area contributed by atoms with Gasteiger partial charge in [-0.05, 0) is 29.8 Å². The fourth-order valence-electron chi connectivity index (χ4n) is 2.90. The van der Waals surface area contributed by atoms with Crippen LogP contribution in [0.3, 0.4) is 0 Å². The van der Waals surface area contributed by atoms with Crippen LogP contribution in [0, 0.1) is 11.6 Å². The topological polar surface area (TPSA) is 6.48 Å². The zero-order valence-electron chi connectivity index (χ0n) is 13.1. The van der Waals surface area contributed by atoms with Crippen molar-refractivity contribution in [3.05, 3.63) is 69.2 Å². The summed E-state index contributed by atoms with van der Waals surface area (Å²) in [6, 6.07) is 9.26. The lowest BCUT2D eigenvalue weighted by Crippen LogP contribution is -2.45. The van der Waals surface area contributed by atoms with Crippen LogP contribution in [0.25, 0.3) is 0 Å². The minimum atomic E-state index is -0.324. The second kappa shape index (κ2) is 7.79. The van der Waals surface area contributed by atoms with Crippen LogP contribution in [0.5, 0.6) is 0 Å². The van der Waals surface area contributed by atoms with Crippen molar-refractivity contribution in [2.24, 2.45) is 0 Å². The molecule has 1 aliphatic heterocycles. The second-order valence-corrected chi connectivity index (χ2v) is 6.80. The normalized spacial score (nSPS) is 16.5. The summed E-state index contributed by atoms with van der Waals surface area (Å²) in [4.78, 5) is 4.45. The van der Waals surface area contributed by atoms with Crippen molar-refractivity contribution < 1.29 is 8.78 Å². The maximum Gasteiger partial charge on any atom is 0.129 e. The van der Waals surface area contributed by atoms with Crippen molar-refractivity contribution in [3.63, 3.8) is 0 Å². The van der Waals surface area contributed by atoms with Crippen molar-refractivity contribution in [2.45, 2.75) is 13.1 Å². The van der Waals surface area contributed by atoms with Gasteiger partial charge >= 0.3 is 0 Å². The Labute approximate surface area is 150 Å². The van der Waals surface area contributed by atoms with E-state index in [4.69, 9.17) is 23.2 Å². The molecule has 0 bridgehead atoms. The van der Waals surface area contributed by atoms with E-state index in [1.807, 2.05) is 0 Å². The highest BCUT2D eigenvalue weighted by Crippen LogP contribution is 2.23. The summed E-state index contributed by atoms with van der Waals surface area (Å²) in [5.41, 5.74) is 1.47. The van der Waals surface area contributed by atoms with Gasteiger partial charge in [-0.25, -0.2) is 8.78 Å². The molecule has 1 heterocycles. The summed E-state index contributed by atoms with van der Waals surface area (Å²) >= 11 is 12.2. The van der Waals surface area contributed by atoms with Crippen molar-refractivity contribution in [1.82, 2.24) is 9.80 Å². The molecule has 0 unspecified atom stereocenters. The minimum absolute atomic E-state index is 0.261. The molecular formula is C18H18Cl2F2N2. The van der Waals surface area contributed by atoms with Gasteiger partial charge in [0.25, 0.3) is 0 Å². The van der Waals surface area contributed by atoms with E-state index in [-0.39, 0.29) is 11.6 Å². The predicted molar refractivity (Wildman–Crippen MR) is 93.4 cm³/mol. The molecule has 2 aromatic carbocycles. The summed E-state index contributed by atoms with van der Waals surface area (Å²) in [5, 5.41) is 0.922. The minimum Gasteiger partial charge on any atom is -0.296 e. The Morgan fingerprint density at radius 1 is 0.833 bits per heavy atom. The summed E-state index contributed by atoms with van der Waals surface area (Å²) < 4.78 is 27.0. The predicted octanol–water partition coefficient (Wildman–Crippen LogP) is 4.59. The molecule has 128 valence electrons. The van der Waals surface area contributed by atoms with Crippen LogP contribution in [0.4, 0.5) is 8.78 Å². The molecule has 0 amide bonds. The second-order valence-electron chi connectivity index (χ2n) is 5.99. The highest BCUT2D eigenvalue weighted by molar-refractivity contribution is 6.31. The van der Waals surface area contributed by atoms with E-state index in [1.54, 1.807) is 18.2 Å². The lowest BCUT2D eigenvalue weighted by Gasteiger charge is -2.35. The third-order valence-corrected chi connectivity index (χ3v) is 5.02. The van der Waals surface area contributed by atoms with Crippen LogP contribution in [0.2, 0.25) is 10.0 Å². The fourth-order valence-corrected chi connectivity index (χ4v) is 3.35. The molecule has 2 nitrogen and oxygen atoms in total. The average molecular weight is 371 g/mol.